The highest BCUT2D eigenvalue weighted by Crippen LogP contribution is 2.25. The molecule has 1 heterocycles. The number of anilines is 1. The van der Waals surface area contributed by atoms with Crippen molar-refractivity contribution in [1.29, 1.82) is 0 Å². The second-order valence-corrected chi connectivity index (χ2v) is 7.03. The van der Waals surface area contributed by atoms with Crippen molar-refractivity contribution in [3.05, 3.63) is 29.6 Å². The molecule has 0 aliphatic carbocycles. The van der Waals surface area contributed by atoms with Crippen LogP contribution in [0, 0.1) is 5.82 Å². The summed E-state index contributed by atoms with van der Waals surface area (Å²) >= 11 is 2.02. The zero-order valence-corrected chi connectivity index (χ0v) is 17.1. The SMILES string of the molecule is CN=C(NCc1ccc(N(C)C)c(F)c1)NCC1CCCS1.I. The van der Waals surface area contributed by atoms with E-state index in [1.165, 1.54) is 18.6 Å². The third-order valence-electron chi connectivity index (χ3n) is 3.70. The average molecular weight is 452 g/mol. The summed E-state index contributed by atoms with van der Waals surface area (Å²) < 4.78 is 13.9. The quantitative estimate of drug-likeness (QED) is 0.410. The third-order valence-corrected chi connectivity index (χ3v) is 5.10. The number of aliphatic imine (C=N–C) groups is 1. The number of guanidine groups is 1. The molecular formula is C16H26FIN4S. The number of thioether (sulfide) groups is 1. The number of nitrogens with one attached hydrogen (secondary N) is 2. The van der Waals surface area contributed by atoms with Crippen LogP contribution in [0.3, 0.4) is 0 Å². The van der Waals surface area contributed by atoms with E-state index in [9.17, 15) is 4.39 Å². The molecule has 1 aliphatic heterocycles. The molecule has 0 spiro atoms. The van der Waals surface area contributed by atoms with Gasteiger partial charge in [-0.2, -0.15) is 11.8 Å². The van der Waals surface area contributed by atoms with E-state index in [-0.39, 0.29) is 29.8 Å². The van der Waals surface area contributed by atoms with Crippen molar-refractivity contribution in [3.63, 3.8) is 0 Å². The van der Waals surface area contributed by atoms with Gasteiger partial charge in [-0.25, -0.2) is 4.39 Å². The maximum Gasteiger partial charge on any atom is 0.191 e. The van der Waals surface area contributed by atoms with Crippen LogP contribution in [0.25, 0.3) is 0 Å². The Bertz CT molecular complexity index is 519. The van der Waals surface area contributed by atoms with Gasteiger partial charge in [0.1, 0.15) is 5.82 Å². The predicted octanol–water partition coefficient (Wildman–Crippen LogP) is 3.07. The minimum Gasteiger partial charge on any atom is -0.375 e. The first kappa shape index (κ1) is 20.3. The minimum absolute atomic E-state index is 0. The number of rotatable bonds is 5. The summed E-state index contributed by atoms with van der Waals surface area (Å²) in [6.07, 6.45) is 2.58. The number of nitrogens with zero attached hydrogens (tertiary/aromatic N) is 2. The second-order valence-electron chi connectivity index (χ2n) is 5.62. The Morgan fingerprint density at radius 1 is 1.39 bits per heavy atom. The van der Waals surface area contributed by atoms with Crippen molar-refractivity contribution in [2.75, 3.05) is 38.3 Å². The van der Waals surface area contributed by atoms with Crippen LogP contribution in [-0.4, -0.2) is 44.7 Å². The highest BCUT2D eigenvalue weighted by molar-refractivity contribution is 14.0. The first-order valence-electron chi connectivity index (χ1n) is 7.62. The molecule has 0 radical (unpaired) electrons. The number of benzene rings is 1. The molecule has 1 aromatic rings. The molecule has 23 heavy (non-hydrogen) atoms. The van der Waals surface area contributed by atoms with Crippen LogP contribution in [0.15, 0.2) is 23.2 Å². The molecule has 130 valence electrons. The molecular weight excluding hydrogens is 426 g/mol. The summed E-state index contributed by atoms with van der Waals surface area (Å²) in [7, 11) is 5.43. The number of hydrogen-bond acceptors (Lipinski definition) is 3. The van der Waals surface area contributed by atoms with E-state index in [4.69, 9.17) is 0 Å². The molecule has 1 fully saturated rings. The Morgan fingerprint density at radius 2 is 2.17 bits per heavy atom. The average Bonchev–Trinajstić information content (AvgIpc) is 3.00. The molecule has 0 bridgehead atoms. The topological polar surface area (TPSA) is 39.7 Å². The van der Waals surface area contributed by atoms with Gasteiger partial charge in [0.2, 0.25) is 0 Å². The van der Waals surface area contributed by atoms with Crippen molar-refractivity contribution in [2.24, 2.45) is 4.99 Å². The van der Waals surface area contributed by atoms with Crippen molar-refractivity contribution in [1.82, 2.24) is 10.6 Å². The molecule has 1 unspecified atom stereocenters. The van der Waals surface area contributed by atoms with Gasteiger partial charge in [-0.15, -0.1) is 24.0 Å². The molecule has 1 aliphatic rings. The van der Waals surface area contributed by atoms with Crippen LogP contribution in [0.2, 0.25) is 0 Å². The Labute approximate surface area is 159 Å². The largest absolute Gasteiger partial charge is 0.375 e. The fourth-order valence-electron chi connectivity index (χ4n) is 2.45. The van der Waals surface area contributed by atoms with Gasteiger partial charge in [0.15, 0.2) is 5.96 Å². The summed E-state index contributed by atoms with van der Waals surface area (Å²) in [5.41, 5.74) is 1.51. The molecule has 1 aromatic carbocycles. The molecule has 1 saturated heterocycles. The molecule has 4 nitrogen and oxygen atoms in total. The van der Waals surface area contributed by atoms with E-state index < -0.39 is 0 Å². The molecule has 1 atom stereocenters. The number of hydrogen-bond donors (Lipinski definition) is 2. The van der Waals surface area contributed by atoms with Gasteiger partial charge in [0, 0.05) is 39.5 Å². The van der Waals surface area contributed by atoms with E-state index in [0.29, 0.717) is 17.5 Å². The van der Waals surface area contributed by atoms with Gasteiger partial charge in [0.25, 0.3) is 0 Å². The first-order chi connectivity index (χ1) is 10.6. The van der Waals surface area contributed by atoms with Crippen LogP contribution in [0.1, 0.15) is 18.4 Å². The fraction of sp³-hybridized carbons (Fsp3) is 0.562. The first-order valence-corrected chi connectivity index (χ1v) is 8.67. The molecule has 2 N–H and O–H groups in total. The second kappa shape index (κ2) is 10.2. The summed E-state index contributed by atoms with van der Waals surface area (Å²) in [4.78, 5) is 5.99. The standard InChI is InChI=1S/C16H25FN4S.HI/c1-18-16(20-11-13-5-4-8-22-13)19-10-12-6-7-15(21(2)3)14(17)9-12;/h6-7,9,13H,4-5,8,10-11H2,1-3H3,(H2,18,19,20);1H. The van der Waals surface area contributed by atoms with Crippen LogP contribution in [0.5, 0.6) is 0 Å². The lowest BCUT2D eigenvalue weighted by molar-refractivity contribution is 0.623. The van der Waals surface area contributed by atoms with Gasteiger partial charge in [-0.1, -0.05) is 6.07 Å². The molecule has 7 heteroatoms. The molecule has 0 aromatic heterocycles. The maximum absolute atomic E-state index is 13.9. The van der Waals surface area contributed by atoms with Gasteiger partial charge < -0.3 is 15.5 Å². The maximum atomic E-state index is 13.9. The van der Waals surface area contributed by atoms with Gasteiger partial charge in [-0.05, 0) is 36.3 Å². The predicted molar refractivity (Wildman–Crippen MR) is 110 cm³/mol. The van der Waals surface area contributed by atoms with Crippen molar-refractivity contribution < 1.29 is 4.39 Å². The van der Waals surface area contributed by atoms with Crippen LogP contribution < -0.4 is 15.5 Å². The van der Waals surface area contributed by atoms with Crippen molar-refractivity contribution in [3.8, 4) is 0 Å². The Balaban J connectivity index is 0.00000264. The highest BCUT2D eigenvalue weighted by atomic mass is 127. The van der Waals surface area contributed by atoms with E-state index in [2.05, 4.69) is 15.6 Å². The minimum atomic E-state index is -0.199. The van der Waals surface area contributed by atoms with Crippen LogP contribution in [0.4, 0.5) is 10.1 Å². The van der Waals surface area contributed by atoms with Gasteiger partial charge in [-0.3, -0.25) is 4.99 Å². The lowest BCUT2D eigenvalue weighted by atomic mass is 10.2. The lowest BCUT2D eigenvalue weighted by Crippen LogP contribution is -2.39. The number of halogens is 2. The fourth-order valence-corrected chi connectivity index (χ4v) is 3.65. The lowest BCUT2D eigenvalue weighted by Gasteiger charge is -2.16. The Morgan fingerprint density at radius 3 is 2.74 bits per heavy atom. The van der Waals surface area contributed by atoms with Crippen LogP contribution >= 0.6 is 35.7 Å². The van der Waals surface area contributed by atoms with Gasteiger partial charge in [0.05, 0.1) is 5.69 Å². The Kier molecular flexibility index (Phi) is 9.04. The summed E-state index contributed by atoms with van der Waals surface area (Å²) in [6.45, 7) is 1.49. The summed E-state index contributed by atoms with van der Waals surface area (Å²) in [5, 5.41) is 7.25. The van der Waals surface area contributed by atoms with E-state index >= 15 is 0 Å². The van der Waals surface area contributed by atoms with E-state index in [1.54, 1.807) is 24.1 Å². The van der Waals surface area contributed by atoms with Gasteiger partial charge >= 0.3 is 0 Å². The van der Waals surface area contributed by atoms with Crippen molar-refractivity contribution in [2.45, 2.75) is 24.6 Å². The van der Waals surface area contributed by atoms with Crippen molar-refractivity contribution >= 4 is 47.4 Å². The zero-order chi connectivity index (χ0) is 15.9. The molecule has 2 rings (SSSR count). The third kappa shape index (κ3) is 6.37. The molecule has 0 amide bonds. The highest BCUT2D eigenvalue weighted by Gasteiger charge is 2.15. The summed E-state index contributed by atoms with van der Waals surface area (Å²) in [5.74, 6) is 1.83. The summed E-state index contributed by atoms with van der Waals surface area (Å²) in [6, 6.07) is 5.31. The normalized spacial score (nSPS) is 17.6. The van der Waals surface area contributed by atoms with E-state index in [1.807, 2.05) is 31.9 Å². The monoisotopic (exact) mass is 452 g/mol. The Hall–Kier alpha value is -0.700. The molecule has 0 saturated carbocycles. The van der Waals surface area contributed by atoms with E-state index in [0.717, 1.165) is 18.1 Å². The van der Waals surface area contributed by atoms with Crippen LogP contribution in [-0.2, 0) is 6.54 Å². The zero-order valence-electron chi connectivity index (χ0n) is 13.9. The smallest absolute Gasteiger partial charge is 0.191 e.